The highest BCUT2D eigenvalue weighted by Crippen LogP contribution is 2.21. The van der Waals surface area contributed by atoms with Crippen molar-refractivity contribution < 1.29 is 14.7 Å². The SMILES string of the molecule is CC1CC(C(=O)O)CN(C(=O)NCc2ccc(Cn3cncn3)cc2)C1. The van der Waals surface area contributed by atoms with E-state index in [1.807, 2.05) is 31.2 Å². The molecule has 0 spiro atoms. The fourth-order valence-electron chi connectivity index (χ4n) is 3.25. The summed E-state index contributed by atoms with van der Waals surface area (Å²) in [4.78, 5) is 29.1. The standard InChI is InChI=1S/C18H23N5O3/c1-13-6-16(17(24)25)10-22(8-13)18(26)20-7-14-2-4-15(5-3-14)9-23-12-19-11-21-23/h2-5,11-13,16H,6-10H2,1H3,(H,20,26)(H,24,25). The number of aliphatic carboxylic acids is 1. The molecule has 2 aromatic rings. The van der Waals surface area contributed by atoms with E-state index < -0.39 is 11.9 Å². The fourth-order valence-corrected chi connectivity index (χ4v) is 3.25. The van der Waals surface area contributed by atoms with E-state index >= 15 is 0 Å². The smallest absolute Gasteiger partial charge is 0.317 e. The molecule has 0 saturated carbocycles. The first-order valence-electron chi connectivity index (χ1n) is 8.67. The number of carboxylic acid groups (broad SMARTS) is 1. The number of rotatable bonds is 5. The molecule has 1 aromatic heterocycles. The first kappa shape index (κ1) is 17.9. The molecular formula is C18H23N5O3. The van der Waals surface area contributed by atoms with Crippen LogP contribution in [0.25, 0.3) is 0 Å². The number of hydrogen-bond donors (Lipinski definition) is 2. The molecule has 2 heterocycles. The van der Waals surface area contributed by atoms with Crippen molar-refractivity contribution in [3.63, 3.8) is 0 Å². The third-order valence-corrected chi connectivity index (χ3v) is 4.57. The predicted molar refractivity (Wildman–Crippen MR) is 94.3 cm³/mol. The third kappa shape index (κ3) is 4.59. The largest absolute Gasteiger partial charge is 0.481 e. The van der Waals surface area contributed by atoms with Crippen molar-refractivity contribution in [2.24, 2.45) is 11.8 Å². The maximum absolute atomic E-state index is 12.4. The van der Waals surface area contributed by atoms with E-state index in [-0.39, 0.29) is 18.5 Å². The molecule has 1 fully saturated rings. The molecule has 0 aliphatic carbocycles. The number of carbonyl (C=O) groups excluding carboxylic acids is 1. The highest BCUT2D eigenvalue weighted by molar-refractivity contribution is 5.76. The molecule has 2 amide bonds. The minimum Gasteiger partial charge on any atom is -0.481 e. The van der Waals surface area contributed by atoms with Crippen LogP contribution in [0.3, 0.4) is 0 Å². The van der Waals surface area contributed by atoms with Crippen LogP contribution in [0.4, 0.5) is 4.79 Å². The second kappa shape index (κ2) is 7.99. The number of urea groups is 1. The van der Waals surface area contributed by atoms with Gasteiger partial charge in [0.1, 0.15) is 12.7 Å². The van der Waals surface area contributed by atoms with Gasteiger partial charge in [0.2, 0.25) is 0 Å². The number of piperidine rings is 1. The van der Waals surface area contributed by atoms with Gasteiger partial charge in [0, 0.05) is 19.6 Å². The summed E-state index contributed by atoms with van der Waals surface area (Å²) in [5, 5.41) is 16.2. The number of benzene rings is 1. The van der Waals surface area contributed by atoms with E-state index in [1.54, 1.807) is 15.9 Å². The second-order valence-corrected chi connectivity index (χ2v) is 6.85. The van der Waals surface area contributed by atoms with Gasteiger partial charge in [-0.3, -0.25) is 4.79 Å². The lowest BCUT2D eigenvalue weighted by molar-refractivity contribution is -0.143. The molecule has 2 unspecified atom stereocenters. The van der Waals surface area contributed by atoms with E-state index in [1.165, 1.54) is 6.33 Å². The minimum atomic E-state index is -0.836. The monoisotopic (exact) mass is 357 g/mol. The van der Waals surface area contributed by atoms with Gasteiger partial charge in [0.15, 0.2) is 0 Å². The average molecular weight is 357 g/mol. The lowest BCUT2D eigenvalue weighted by atomic mass is 9.91. The number of carbonyl (C=O) groups is 2. The van der Waals surface area contributed by atoms with Gasteiger partial charge in [-0.15, -0.1) is 0 Å². The molecule has 1 aliphatic rings. The first-order valence-corrected chi connectivity index (χ1v) is 8.67. The number of nitrogens with zero attached hydrogens (tertiary/aromatic N) is 4. The summed E-state index contributed by atoms with van der Waals surface area (Å²) < 4.78 is 1.74. The zero-order chi connectivity index (χ0) is 18.5. The Hall–Kier alpha value is -2.90. The summed E-state index contributed by atoms with van der Waals surface area (Å²) in [7, 11) is 0. The molecule has 1 aromatic carbocycles. The maximum atomic E-state index is 12.4. The normalized spacial score (nSPS) is 20.0. The Labute approximate surface area is 151 Å². The first-order chi connectivity index (χ1) is 12.5. The van der Waals surface area contributed by atoms with Gasteiger partial charge >= 0.3 is 12.0 Å². The van der Waals surface area contributed by atoms with Crippen LogP contribution in [0.2, 0.25) is 0 Å². The predicted octanol–water partition coefficient (Wildman–Crippen LogP) is 1.58. The third-order valence-electron chi connectivity index (χ3n) is 4.57. The highest BCUT2D eigenvalue weighted by atomic mass is 16.4. The lowest BCUT2D eigenvalue weighted by Gasteiger charge is -2.34. The van der Waals surface area contributed by atoms with Crippen molar-refractivity contribution in [3.05, 3.63) is 48.0 Å². The van der Waals surface area contributed by atoms with Gasteiger partial charge in [-0.25, -0.2) is 14.5 Å². The van der Waals surface area contributed by atoms with Crippen LogP contribution in [0.15, 0.2) is 36.9 Å². The molecule has 3 rings (SSSR count). The zero-order valence-electron chi connectivity index (χ0n) is 14.7. The summed E-state index contributed by atoms with van der Waals surface area (Å²) in [6.07, 6.45) is 3.78. The van der Waals surface area contributed by atoms with Crippen molar-refractivity contribution in [3.8, 4) is 0 Å². The Bertz CT molecular complexity index is 745. The molecule has 26 heavy (non-hydrogen) atoms. The summed E-state index contributed by atoms with van der Waals surface area (Å²) in [5.74, 6) is -1.13. The van der Waals surface area contributed by atoms with Gasteiger partial charge in [-0.2, -0.15) is 5.10 Å². The van der Waals surface area contributed by atoms with Crippen LogP contribution in [-0.4, -0.2) is 49.9 Å². The van der Waals surface area contributed by atoms with Crippen molar-refractivity contribution in [2.45, 2.75) is 26.4 Å². The van der Waals surface area contributed by atoms with Crippen LogP contribution in [0.5, 0.6) is 0 Å². The van der Waals surface area contributed by atoms with Gasteiger partial charge in [-0.1, -0.05) is 31.2 Å². The maximum Gasteiger partial charge on any atom is 0.317 e. The minimum absolute atomic E-state index is 0.187. The summed E-state index contributed by atoms with van der Waals surface area (Å²) in [5.41, 5.74) is 2.08. The van der Waals surface area contributed by atoms with Crippen LogP contribution >= 0.6 is 0 Å². The molecule has 0 radical (unpaired) electrons. The Morgan fingerprint density at radius 1 is 1.23 bits per heavy atom. The topological polar surface area (TPSA) is 100 Å². The van der Waals surface area contributed by atoms with Crippen LogP contribution < -0.4 is 5.32 Å². The van der Waals surface area contributed by atoms with E-state index in [9.17, 15) is 14.7 Å². The number of nitrogens with one attached hydrogen (secondary N) is 1. The number of aromatic nitrogens is 3. The number of hydrogen-bond acceptors (Lipinski definition) is 4. The molecule has 138 valence electrons. The Morgan fingerprint density at radius 2 is 1.96 bits per heavy atom. The highest BCUT2D eigenvalue weighted by Gasteiger charge is 2.31. The quantitative estimate of drug-likeness (QED) is 0.846. The summed E-state index contributed by atoms with van der Waals surface area (Å²) in [6.45, 7) is 3.89. The van der Waals surface area contributed by atoms with Gasteiger partial charge < -0.3 is 15.3 Å². The Morgan fingerprint density at radius 3 is 2.62 bits per heavy atom. The molecule has 1 aliphatic heterocycles. The number of carboxylic acids is 1. The van der Waals surface area contributed by atoms with Crippen LogP contribution in [0.1, 0.15) is 24.5 Å². The van der Waals surface area contributed by atoms with E-state index in [2.05, 4.69) is 15.4 Å². The fraction of sp³-hybridized carbons (Fsp3) is 0.444. The lowest BCUT2D eigenvalue weighted by Crippen LogP contribution is -2.49. The van der Waals surface area contributed by atoms with E-state index in [0.29, 0.717) is 26.1 Å². The average Bonchev–Trinajstić information content (AvgIpc) is 3.13. The second-order valence-electron chi connectivity index (χ2n) is 6.85. The van der Waals surface area contributed by atoms with Crippen LogP contribution in [-0.2, 0) is 17.9 Å². The zero-order valence-corrected chi connectivity index (χ0v) is 14.7. The van der Waals surface area contributed by atoms with Crippen molar-refractivity contribution in [1.82, 2.24) is 25.0 Å². The molecule has 2 atom stereocenters. The van der Waals surface area contributed by atoms with Gasteiger partial charge in [0.05, 0.1) is 12.5 Å². The summed E-state index contributed by atoms with van der Waals surface area (Å²) >= 11 is 0. The van der Waals surface area contributed by atoms with E-state index in [4.69, 9.17) is 0 Å². The molecule has 0 bridgehead atoms. The van der Waals surface area contributed by atoms with Crippen molar-refractivity contribution in [1.29, 1.82) is 0 Å². The van der Waals surface area contributed by atoms with E-state index in [0.717, 1.165) is 11.1 Å². The van der Waals surface area contributed by atoms with Gasteiger partial charge in [-0.05, 0) is 23.5 Å². The number of likely N-dealkylation sites (tertiary alicyclic amines) is 1. The van der Waals surface area contributed by atoms with Crippen LogP contribution in [0, 0.1) is 11.8 Å². The molecule has 8 heteroatoms. The Balaban J connectivity index is 1.51. The van der Waals surface area contributed by atoms with Crippen molar-refractivity contribution >= 4 is 12.0 Å². The van der Waals surface area contributed by atoms with Crippen molar-refractivity contribution in [2.75, 3.05) is 13.1 Å². The molecule has 8 nitrogen and oxygen atoms in total. The molecule has 2 N–H and O–H groups in total. The summed E-state index contributed by atoms with van der Waals surface area (Å²) in [6, 6.07) is 7.70. The van der Waals surface area contributed by atoms with Gasteiger partial charge in [0.25, 0.3) is 0 Å². The number of amides is 2. The Kier molecular flexibility index (Phi) is 5.50. The molecular weight excluding hydrogens is 334 g/mol. The molecule has 1 saturated heterocycles.